The lowest BCUT2D eigenvalue weighted by Crippen LogP contribution is -2.37. The molecule has 0 amide bonds. The topological polar surface area (TPSA) is 23.5 Å². The van der Waals surface area contributed by atoms with Crippen LogP contribution in [0, 0.1) is 0 Å². The van der Waals surface area contributed by atoms with Crippen molar-refractivity contribution in [3.63, 3.8) is 0 Å². The monoisotopic (exact) mass is 239 g/mol. The Hall–Kier alpha value is -0.730. The predicted octanol–water partition coefficient (Wildman–Crippen LogP) is 3.42. The van der Waals surface area contributed by atoms with Gasteiger partial charge in [-0.3, -0.25) is 4.90 Å². The van der Waals surface area contributed by atoms with Gasteiger partial charge >= 0.3 is 0 Å². The molecule has 1 aliphatic heterocycles. The Morgan fingerprint density at radius 2 is 2.19 bits per heavy atom. The standard InChI is InChI=1S/C13H18ClNO/c1-13(2)6-3-7-15(13)9-10-8-11(14)4-5-12(10)16/h4-5,8,16H,3,6-7,9H2,1-2H3. The van der Waals surface area contributed by atoms with Crippen molar-refractivity contribution >= 4 is 11.6 Å². The van der Waals surface area contributed by atoms with Gasteiger partial charge in [-0.25, -0.2) is 0 Å². The molecule has 88 valence electrons. The second-order valence-corrected chi connectivity index (χ2v) is 5.55. The Morgan fingerprint density at radius 3 is 2.81 bits per heavy atom. The Morgan fingerprint density at radius 1 is 1.44 bits per heavy atom. The number of likely N-dealkylation sites (tertiary alicyclic amines) is 1. The summed E-state index contributed by atoms with van der Waals surface area (Å²) in [6.07, 6.45) is 2.45. The van der Waals surface area contributed by atoms with Crippen LogP contribution in [0.5, 0.6) is 5.75 Å². The van der Waals surface area contributed by atoms with Gasteiger partial charge in [0.15, 0.2) is 0 Å². The molecule has 1 aliphatic rings. The maximum atomic E-state index is 9.78. The smallest absolute Gasteiger partial charge is 0.120 e. The molecule has 1 aromatic carbocycles. The molecule has 3 heteroatoms. The summed E-state index contributed by atoms with van der Waals surface area (Å²) in [6.45, 7) is 6.38. The van der Waals surface area contributed by atoms with Crippen molar-refractivity contribution in [3.05, 3.63) is 28.8 Å². The van der Waals surface area contributed by atoms with Gasteiger partial charge in [-0.05, 0) is 51.4 Å². The van der Waals surface area contributed by atoms with E-state index in [-0.39, 0.29) is 5.54 Å². The summed E-state index contributed by atoms with van der Waals surface area (Å²) >= 11 is 5.94. The molecule has 0 spiro atoms. The first-order valence-corrected chi connectivity index (χ1v) is 6.09. The molecule has 0 aliphatic carbocycles. The number of hydrogen-bond donors (Lipinski definition) is 1. The highest BCUT2D eigenvalue weighted by atomic mass is 35.5. The number of halogens is 1. The van der Waals surface area contributed by atoms with Gasteiger partial charge in [0.2, 0.25) is 0 Å². The summed E-state index contributed by atoms with van der Waals surface area (Å²) in [7, 11) is 0. The third-order valence-corrected chi connectivity index (χ3v) is 3.71. The molecule has 0 radical (unpaired) electrons. The van der Waals surface area contributed by atoms with E-state index < -0.39 is 0 Å². The largest absolute Gasteiger partial charge is 0.508 e. The van der Waals surface area contributed by atoms with E-state index in [4.69, 9.17) is 11.6 Å². The number of aromatic hydroxyl groups is 1. The zero-order valence-electron chi connectivity index (χ0n) is 9.83. The average Bonchev–Trinajstić information content (AvgIpc) is 2.52. The minimum Gasteiger partial charge on any atom is -0.508 e. The Balaban J connectivity index is 2.17. The molecule has 1 N–H and O–H groups in total. The summed E-state index contributed by atoms with van der Waals surface area (Å²) < 4.78 is 0. The summed E-state index contributed by atoms with van der Waals surface area (Å²) in [5.41, 5.74) is 1.15. The highest BCUT2D eigenvalue weighted by Gasteiger charge is 2.31. The Kier molecular flexibility index (Phi) is 3.13. The van der Waals surface area contributed by atoms with E-state index in [0.717, 1.165) is 18.7 Å². The number of nitrogens with zero attached hydrogens (tertiary/aromatic N) is 1. The third-order valence-electron chi connectivity index (χ3n) is 3.48. The van der Waals surface area contributed by atoms with Gasteiger partial charge in [0.1, 0.15) is 5.75 Å². The van der Waals surface area contributed by atoms with Gasteiger partial charge in [-0.1, -0.05) is 11.6 Å². The van der Waals surface area contributed by atoms with Gasteiger partial charge < -0.3 is 5.11 Å². The molecule has 1 heterocycles. The lowest BCUT2D eigenvalue weighted by molar-refractivity contribution is 0.165. The lowest BCUT2D eigenvalue weighted by Gasteiger charge is -2.31. The van der Waals surface area contributed by atoms with Crippen LogP contribution in [-0.4, -0.2) is 22.1 Å². The van der Waals surface area contributed by atoms with Crippen LogP contribution in [0.3, 0.4) is 0 Å². The number of rotatable bonds is 2. The van der Waals surface area contributed by atoms with Crippen LogP contribution >= 0.6 is 11.6 Å². The van der Waals surface area contributed by atoms with Gasteiger partial charge in [0.05, 0.1) is 0 Å². The second kappa shape index (κ2) is 4.27. The number of benzene rings is 1. The van der Waals surface area contributed by atoms with Crippen LogP contribution in [0.2, 0.25) is 5.02 Å². The molecule has 1 fully saturated rings. The van der Waals surface area contributed by atoms with Crippen molar-refractivity contribution < 1.29 is 5.11 Å². The Labute approximate surface area is 102 Å². The van der Waals surface area contributed by atoms with Crippen LogP contribution in [0.25, 0.3) is 0 Å². The van der Waals surface area contributed by atoms with Gasteiger partial charge in [0.25, 0.3) is 0 Å². The summed E-state index contributed by atoms with van der Waals surface area (Å²) in [5.74, 6) is 0.340. The third kappa shape index (κ3) is 2.33. The zero-order chi connectivity index (χ0) is 11.8. The van der Waals surface area contributed by atoms with E-state index in [1.54, 1.807) is 12.1 Å². The molecule has 0 bridgehead atoms. The molecule has 0 saturated carbocycles. The fourth-order valence-electron chi connectivity index (χ4n) is 2.34. The van der Waals surface area contributed by atoms with Crippen molar-refractivity contribution in [3.8, 4) is 5.75 Å². The quantitative estimate of drug-likeness (QED) is 0.855. The fourth-order valence-corrected chi connectivity index (χ4v) is 2.54. The van der Waals surface area contributed by atoms with Crippen LogP contribution in [0.15, 0.2) is 18.2 Å². The lowest BCUT2D eigenvalue weighted by atomic mass is 10.0. The summed E-state index contributed by atoms with van der Waals surface area (Å²) in [4.78, 5) is 2.40. The molecule has 2 nitrogen and oxygen atoms in total. The molecule has 2 rings (SSSR count). The molecule has 0 atom stereocenters. The van der Waals surface area contributed by atoms with Gasteiger partial charge in [-0.15, -0.1) is 0 Å². The Bertz CT molecular complexity index is 390. The van der Waals surface area contributed by atoms with Crippen molar-refractivity contribution in [2.75, 3.05) is 6.54 Å². The van der Waals surface area contributed by atoms with Crippen molar-refractivity contribution in [2.45, 2.75) is 38.8 Å². The van der Waals surface area contributed by atoms with Crippen molar-refractivity contribution in [2.24, 2.45) is 0 Å². The molecule has 1 saturated heterocycles. The zero-order valence-corrected chi connectivity index (χ0v) is 10.6. The van der Waals surface area contributed by atoms with Crippen molar-refractivity contribution in [1.29, 1.82) is 0 Å². The molecule has 0 unspecified atom stereocenters. The average molecular weight is 240 g/mol. The predicted molar refractivity (Wildman–Crippen MR) is 66.8 cm³/mol. The first kappa shape index (κ1) is 11.7. The van der Waals surface area contributed by atoms with Crippen molar-refractivity contribution in [1.82, 2.24) is 4.90 Å². The van der Waals surface area contributed by atoms with E-state index in [1.165, 1.54) is 12.8 Å². The summed E-state index contributed by atoms with van der Waals surface area (Å²) in [5, 5.41) is 10.5. The summed E-state index contributed by atoms with van der Waals surface area (Å²) in [6, 6.07) is 5.24. The number of phenolic OH excluding ortho intramolecular Hbond substituents is 1. The van der Waals surface area contributed by atoms with E-state index in [2.05, 4.69) is 18.7 Å². The van der Waals surface area contributed by atoms with E-state index >= 15 is 0 Å². The van der Waals surface area contributed by atoms with E-state index in [0.29, 0.717) is 10.8 Å². The SMILES string of the molecule is CC1(C)CCCN1Cc1cc(Cl)ccc1O. The second-order valence-electron chi connectivity index (χ2n) is 5.11. The fraction of sp³-hybridized carbons (Fsp3) is 0.538. The highest BCUT2D eigenvalue weighted by molar-refractivity contribution is 6.30. The molecular weight excluding hydrogens is 222 g/mol. The first-order chi connectivity index (χ1) is 7.49. The van der Waals surface area contributed by atoms with Crippen LogP contribution in [0.4, 0.5) is 0 Å². The molecule has 0 aromatic heterocycles. The molecular formula is C13H18ClNO. The van der Waals surface area contributed by atoms with Gasteiger partial charge in [-0.2, -0.15) is 0 Å². The van der Waals surface area contributed by atoms with Crippen LogP contribution in [0.1, 0.15) is 32.3 Å². The van der Waals surface area contributed by atoms with Crippen LogP contribution in [-0.2, 0) is 6.54 Å². The maximum absolute atomic E-state index is 9.78. The highest BCUT2D eigenvalue weighted by Crippen LogP contribution is 2.32. The molecule has 1 aromatic rings. The van der Waals surface area contributed by atoms with E-state index in [1.807, 2.05) is 6.07 Å². The number of hydrogen-bond acceptors (Lipinski definition) is 2. The molecule has 16 heavy (non-hydrogen) atoms. The minimum absolute atomic E-state index is 0.231. The maximum Gasteiger partial charge on any atom is 0.120 e. The van der Waals surface area contributed by atoms with Crippen LogP contribution < -0.4 is 0 Å². The normalized spacial score (nSPS) is 20.2. The minimum atomic E-state index is 0.231. The van der Waals surface area contributed by atoms with Gasteiger partial charge in [0, 0.05) is 22.7 Å². The number of phenols is 1. The van der Waals surface area contributed by atoms with E-state index in [9.17, 15) is 5.11 Å². The first-order valence-electron chi connectivity index (χ1n) is 5.71.